The fraction of sp³-hybridized carbons (Fsp3) is 0.312. The molecule has 1 amide bonds. The Morgan fingerprint density at radius 3 is 2.71 bits per heavy atom. The largest absolute Gasteiger partial charge is 0.494 e. The van der Waals surface area contributed by atoms with Crippen LogP contribution in [0.3, 0.4) is 0 Å². The summed E-state index contributed by atoms with van der Waals surface area (Å²) < 4.78 is 31.0. The number of aryl methyl sites for hydroxylation is 1. The summed E-state index contributed by atoms with van der Waals surface area (Å²) in [6.45, 7) is 2.01. The Labute approximate surface area is 144 Å². The Kier molecular flexibility index (Phi) is 4.27. The highest BCUT2D eigenvalue weighted by Crippen LogP contribution is 2.44. The number of amides is 1. The number of benzene rings is 1. The van der Waals surface area contributed by atoms with Crippen LogP contribution in [-0.2, 0) is 14.8 Å². The molecule has 2 aromatic rings. The number of rotatable bonds is 4. The van der Waals surface area contributed by atoms with Gasteiger partial charge in [-0.3, -0.25) is 9.52 Å². The predicted molar refractivity (Wildman–Crippen MR) is 95.6 cm³/mol. The van der Waals surface area contributed by atoms with Crippen molar-refractivity contribution >= 4 is 38.6 Å². The molecule has 6 nitrogen and oxygen atoms in total. The number of hydrogen-bond acceptors (Lipinski definition) is 5. The summed E-state index contributed by atoms with van der Waals surface area (Å²) in [4.78, 5) is 13.2. The zero-order chi connectivity index (χ0) is 17.5. The molecule has 1 aromatic carbocycles. The minimum absolute atomic E-state index is 0.0637. The van der Waals surface area contributed by atoms with E-state index in [0.29, 0.717) is 23.5 Å². The molecule has 24 heavy (non-hydrogen) atoms. The van der Waals surface area contributed by atoms with Crippen molar-refractivity contribution < 1.29 is 17.9 Å². The quantitative estimate of drug-likeness (QED) is 0.871. The summed E-state index contributed by atoms with van der Waals surface area (Å²) in [5, 5.41) is 4.84. The van der Waals surface area contributed by atoms with Gasteiger partial charge in [-0.1, -0.05) is 0 Å². The van der Waals surface area contributed by atoms with Crippen molar-refractivity contribution in [2.75, 3.05) is 23.4 Å². The molecule has 0 aliphatic carbocycles. The van der Waals surface area contributed by atoms with E-state index in [0.717, 1.165) is 22.3 Å². The number of thiophene rings is 1. The van der Waals surface area contributed by atoms with E-state index in [1.807, 2.05) is 18.4 Å². The van der Waals surface area contributed by atoms with Gasteiger partial charge in [-0.05, 0) is 35.6 Å². The van der Waals surface area contributed by atoms with E-state index in [-0.39, 0.29) is 11.8 Å². The molecule has 1 aliphatic rings. The lowest BCUT2D eigenvalue weighted by molar-refractivity contribution is -0.116. The van der Waals surface area contributed by atoms with Gasteiger partial charge in [0.2, 0.25) is 15.9 Å². The average molecular weight is 366 g/mol. The SMILES string of the molecule is COc1cc2c(cc1NS(C)(=O)=O)[C@H](c1sccc1C)CC(=O)N2. The second kappa shape index (κ2) is 6.10. The smallest absolute Gasteiger partial charge is 0.229 e. The number of fused-ring (bicyclic) bond motifs is 1. The number of nitrogens with one attached hydrogen (secondary N) is 2. The van der Waals surface area contributed by atoms with Crippen LogP contribution in [0.15, 0.2) is 23.6 Å². The first kappa shape index (κ1) is 16.8. The monoisotopic (exact) mass is 366 g/mol. The maximum absolute atomic E-state index is 12.1. The molecule has 1 aromatic heterocycles. The van der Waals surface area contributed by atoms with E-state index < -0.39 is 10.0 Å². The number of methoxy groups -OCH3 is 1. The summed E-state index contributed by atoms with van der Waals surface area (Å²) in [7, 11) is -1.98. The molecular weight excluding hydrogens is 348 g/mol. The van der Waals surface area contributed by atoms with Crippen LogP contribution in [0.1, 0.15) is 28.3 Å². The molecule has 2 heterocycles. The van der Waals surface area contributed by atoms with E-state index in [1.54, 1.807) is 23.5 Å². The summed E-state index contributed by atoms with van der Waals surface area (Å²) in [5.74, 6) is 0.203. The van der Waals surface area contributed by atoms with Crippen molar-refractivity contribution in [1.29, 1.82) is 0 Å². The maximum atomic E-state index is 12.1. The summed E-state index contributed by atoms with van der Waals surface area (Å²) in [6.07, 6.45) is 1.42. The number of ether oxygens (including phenoxy) is 1. The lowest BCUT2D eigenvalue weighted by Gasteiger charge is -2.27. The lowest BCUT2D eigenvalue weighted by atomic mass is 9.87. The Balaban J connectivity index is 2.16. The van der Waals surface area contributed by atoms with Gasteiger partial charge < -0.3 is 10.1 Å². The van der Waals surface area contributed by atoms with Crippen molar-refractivity contribution in [3.63, 3.8) is 0 Å². The van der Waals surface area contributed by atoms with Gasteiger partial charge in [0.05, 0.1) is 19.1 Å². The molecule has 0 saturated heterocycles. The van der Waals surface area contributed by atoms with Crippen LogP contribution < -0.4 is 14.8 Å². The topological polar surface area (TPSA) is 84.5 Å². The van der Waals surface area contributed by atoms with Crippen molar-refractivity contribution in [2.45, 2.75) is 19.3 Å². The van der Waals surface area contributed by atoms with Crippen molar-refractivity contribution in [3.8, 4) is 5.75 Å². The molecule has 0 fully saturated rings. The fourth-order valence-corrected chi connectivity index (χ4v) is 4.52. The van der Waals surface area contributed by atoms with Crippen molar-refractivity contribution in [1.82, 2.24) is 0 Å². The molecule has 0 radical (unpaired) electrons. The molecule has 0 saturated carbocycles. The van der Waals surface area contributed by atoms with Crippen molar-refractivity contribution in [3.05, 3.63) is 39.6 Å². The highest BCUT2D eigenvalue weighted by Gasteiger charge is 2.30. The van der Waals surface area contributed by atoms with E-state index in [4.69, 9.17) is 4.74 Å². The zero-order valence-electron chi connectivity index (χ0n) is 13.5. The van der Waals surface area contributed by atoms with Crippen LogP contribution >= 0.6 is 11.3 Å². The molecule has 2 N–H and O–H groups in total. The zero-order valence-corrected chi connectivity index (χ0v) is 15.2. The third kappa shape index (κ3) is 3.25. The van der Waals surface area contributed by atoms with Gasteiger partial charge >= 0.3 is 0 Å². The Hall–Kier alpha value is -2.06. The number of hydrogen-bond donors (Lipinski definition) is 2. The summed E-state index contributed by atoms with van der Waals surface area (Å²) in [5.41, 5.74) is 3.03. The van der Waals surface area contributed by atoms with Gasteiger partial charge in [-0.15, -0.1) is 11.3 Å². The molecule has 0 spiro atoms. The van der Waals surface area contributed by atoms with E-state index in [1.165, 1.54) is 7.11 Å². The minimum atomic E-state index is -3.44. The molecule has 1 aliphatic heterocycles. The molecule has 8 heteroatoms. The van der Waals surface area contributed by atoms with Crippen LogP contribution in [0.4, 0.5) is 11.4 Å². The van der Waals surface area contributed by atoms with Gasteiger partial charge in [0.15, 0.2) is 0 Å². The number of carbonyl (C=O) groups excluding carboxylic acids is 1. The number of anilines is 2. The second-order valence-electron chi connectivity index (χ2n) is 5.79. The van der Waals surface area contributed by atoms with Crippen LogP contribution in [-0.4, -0.2) is 27.7 Å². The van der Waals surface area contributed by atoms with Gasteiger partial charge in [0.1, 0.15) is 5.75 Å². The van der Waals surface area contributed by atoms with Crippen LogP contribution in [0.25, 0.3) is 0 Å². The Morgan fingerprint density at radius 2 is 2.12 bits per heavy atom. The number of carbonyl (C=O) groups is 1. The van der Waals surface area contributed by atoms with Crippen LogP contribution in [0.2, 0.25) is 0 Å². The highest BCUT2D eigenvalue weighted by molar-refractivity contribution is 7.92. The van der Waals surface area contributed by atoms with E-state index in [2.05, 4.69) is 10.0 Å². The van der Waals surface area contributed by atoms with E-state index in [9.17, 15) is 13.2 Å². The summed E-state index contributed by atoms with van der Waals surface area (Å²) >= 11 is 1.60. The standard InChI is InChI=1S/C16H18N2O4S2/c1-9-4-5-23-16(9)11-7-15(19)17-12-8-14(22-2)13(6-10(11)12)18-24(3,20)21/h4-6,8,11,18H,7H2,1-3H3,(H,17,19)/t11-/m1/s1. The Morgan fingerprint density at radius 1 is 1.38 bits per heavy atom. The molecule has 3 rings (SSSR count). The third-order valence-corrected chi connectivity index (χ3v) is 5.65. The van der Waals surface area contributed by atoms with Gasteiger partial charge in [0.25, 0.3) is 0 Å². The molecule has 1 atom stereocenters. The maximum Gasteiger partial charge on any atom is 0.229 e. The first-order valence-corrected chi connectivity index (χ1v) is 10.1. The molecule has 0 bridgehead atoms. The third-order valence-electron chi connectivity index (χ3n) is 3.92. The van der Waals surface area contributed by atoms with E-state index >= 15 is 0 Å². The predicted octanol–water partition coefficient (Wildman–Crippen LogP) is 2.91. The first-order valence-electron chi connectivity index (χ1n) is 7.32. The number of sulfonamides is 1. The molecule has 0 unspecified atom stereocenters. The second-order valence-corrected chi connectivity index (χ2v) is 8.48. The van der Waals surface area contributed by atoms with Crippen molar-refractivity contribution in [2.24, 2.45) is 0 Å². The van der Waals surface area contributed by atoms with Crippen LogP contribution in [0, 0.1) is 6.92 Å². The molecular formula is C16H18N2O4S2. The normalized spacial score (nSPS) is 17.1. The molecule has 128 valence electrons. The van der Waals surface area contributed by atoms with Gasteiger partial charge in [0, 0.05) is 29.0 Å². The highest BCUT2D eigenvalue weighted by atomic mass is 32.2. The van der Waals surface area contributed by atoms with Gasteiger partial charge in [-0.2, -0.15) is 0 Å². The minimum Gasteiger partial charge on any atom is -0.494 e. The van der Waals surface area contributed by atoms with Crippen LogP contribution in [0.5, 0.6) is 5.75 Å². The first-order chi connectivity index (χ1) is 11.3. The fourth-order valence-electron chi connectivity index (χ4n) is 2.91. The van der Waals surface area contributed by atoms with Gasteiger partial charge in [-0.25, -0.2) is 8.42 Å². The lowest BCUT2D eigenvalue weighted by Crippen LogP contribution is -2.24. The summed E-state index contributed by atoms with van der Waals surface area (Å²) in [6, 6.07) is 5.43. The Bertz CT molecular complexity index is 903. The average Bonchev–Trinajstić information content (AvgIpc) is 2.90.